The molecule has 0 spiro atoms. The van der Waals surface area contributed by atoms with Gasteiger partial charge in [0.1, 0.15) is 0 Å². The fourth-order valence-electron chi connectivity index (χ4n) is 3.95. The molecule has 1 saturated carbocycles. The molecule has 1 aromatic carbocycles. The number of nitrogens with zero attached hydrogens (tertiary/aromatic N) is 1. The molecule has 28 heavy (non-hydrogen) atoms. The van der Waals surface area contributed by atoms with E-state index in [-0.39, 0.29) is 12.5 Å². The van der Waals surface area contributed by atoms with Crippen LogP contribution in [0.15, 0.2) is 24.3 Å². The van der Waals surface area contributed by atoms with E-state index in [0.717, 1.165) is 44.6 Å². The number of anilines is 1. The number of hydrogen-bond acceptors (Lipinski definition) is 4. The van der Waals surface area contributed by atoms with E-state index in [1.54, 1.807) is 0 Å². The molecule has 2 fully saturated rings. The monoisotopic (exact) mass is 390 g/mol. The van der Waals surface area contributed by atoms with Crippen LogP contribution in [0.5, 0.6) is 0 Å². The molecule has 0 unspecified atom stereocenters. The van der Waals surface area contributed by atoms with Crippen LogP contribution in [0, 0.1) is 5.92 Å². The van der Waals surface area contributed by atoms with Gasteiger partial charge in [-0.3, -0.25) is 4.79 Å². The van der Waals surface area contributed by atoms with E-state index < -0.39 is 0 Å². The second-order valence-corrected chi connectivity index (χ2v) is 7.58. The minimum atomic E-state index is -0.250. The van der Waals surface area contributed by atoms with Crippen LogP contribution in [0.25, 0.3) is 0 Å². The van der Waals surface area contributed by atoms with Crippen LogP contribution in [-0.2, 0) is 11.2 Å². The van der Waals surface area contributed by atoms with Crippen LogP contribution in [0.4, 0.5) is 10.5 Å². The maximum atomic E-state index is 12.3. The number of hydrogen-bond donors (Lipinski definition) is 4. The van der Waals surface area contributed by atoms with Gasteiger partial charge in [0.25, 0.3) is 6.47 Å². The largest absolute Gasteiger partial charge is 0.483 e. The van der Waals surface area contributed by atoms with Crippen LogP contribution in [0.1, 0.15) is 44.1 Å². The van der Waals surface area contributed by atoms with Crippen molar-refractivity contribution in [1.29, 1.82) is 0 Å². The Labute approximate surface area is 167 Å². The highest BCUT2D eigenvalue weighted by molar-refractivity contribution is 5.74. The first-order valence-electron chi connectivity index (χ1n) is 10.3. The Hall–Kier alpha value is -2.28. The quantitative estimate of drug-likeness (QED) is 0.559. The van der Waals surface area contributed by atoms with Gasteiger partial charge in [0.15, 0.2) is 0 Å². The number of likely N-dealkylation sites (tertiary alicyclic amines) is 1. The Bertz CT molecular complexity index is 580. The van der Waals surface area contributed by atoms with Gasteiger partial charge in [0, 0.05) is 31.4 Å². The first-order chi connectivity index (χ1) is 13.7. The summed E-state index contributed by atoms with van der Waals surface area (Å²) in [5.74, 6) is 0.699. The molecule has 1 aliphatic carbocycles. The van der Waals surface area contributed by atoms with Gasteiger partial charge in [-0.25, -0.2) is 4.79 Å². The molecule has 3 rings (SSSR count). The van der Waals surface area contributed by atoms with E-state index in [2.05, 4.69) is 34.9 Å². The zero-order chi connectivity index (χ0) is 20.2. The number of urea groups is 1. The van der Waals surface area contributed by atoms with Crippen molar-refractivity contribution in [1.82, 2.24) is 10.2 Å². The molecule has 0 bridgehead atoms. The Morgan fingerprint density at radius 1 is 1.14 bits per heavy atom. The predicted octanol–water partition coefficient (Wildman–Crippen LogP) is 2.66. The molecule has 1 aliphatic heterocycles. The van der Waals surface area contributed by atoms with Crippen LogP contribution >= 0.6 is 0 Å². The normalized spacial score (nSPS) is 17.5. The molecule has 0 aromatic heterocycles. The molecular weight excluding hydrogens is 356 g/mol. The highest BCUT2D eigenvalue weighted by Crippen LogP contribution is 2.24. The van der Waals surface area contributed by atoms with Gasteiger partial charge in [-0.2, -0.15) is 0 Å². The van der Waals surface area contributed by atoms with Crippen molar-refractivity contribution < 1.29 is 14.7 Å². The predicted molar refractivity (Wildman–Crippen MR) is 111 cm³/mol. The molecule has 0 atom stereocenters. The number of amides is 2. The van der Waals surface area contributed by atoms with E-state index >= 15 is 0 Å². The fraction of sp³-hybridized carbons (Fsp3) is 0.619. The third kappa shape index (κ3) is 7.38. The lowest BCUT2D eigenvalue weighted by atomic mass is 10.0. The lowest BCUT2D eigenvalue weighted by molar-refractivity contribution is -0.122. The Morgan fingerprint density at radius 2 is 1.75 bits per heavy atom. The maximum absolute atomic E-state index is 12.3. The van der Waals surface area contributed by atoms with Gasteiger partial charge in [0.2, 0.25) is 0 Å². The number of carboxylic acid groups (broad SMARTS) is 1. The van der Waals surface area contributed by atoms with Crippen LogP contribution in [0.2, 0.25) is 0 Å². The lowest BCUT2D eigenvalue weighted by Gasteiger charge is -2.33. The zero-order valence-electron chi connectivity index (χ0n) is 16.6. The van der Waals surface area contributed by atoms with Gasteiger partial charge in [-0.05, 0) is 62.3 Å². The topological polar surface area (TPSA) is 108 Å². The number of carbonyl (C=O) groups is 2. The third-order valence-electron chi connectivity index (χ3n) is 5.56. The second kappa shape index (κ2) is 12.2. The molecule has 7 heteroatoms. The van der Waals surface area contributed by atoms with Crippen molar-refractivity contribution in [3.05, 3.63) is 29.8 Å². The van der Waals surface area contributed by atoms with Gasteiger partial charge in [0.05, 0.1) is 0 Å². The summed E-state index contributed by atoms with van der Waals surface area (Å²) in [6, 6.07) is 9.11. The molecule has 7 nitrogen and oxygen atoms in total. The molecule has 1 aromatic rings. The molecule has 1 heterocycles. The van der Waals surface area contributed by atoms with E-state index in [9.17, 15) is 4.79 Å². The fourth-order valence-corrected chi connectivity index (χ4v) is 3.95. The Kier molecular flexibility index (Phi) is 9.62. The van der Waals surface area contributed by atoms with Crippen molar-refractivity contribution in [2.24, 2.45) is 11.7 Å². The molecular formula is C21H34N4O3. The summed E-state index contributed by atoms with van der Waals surface area (Å²) in [6.45, 7) is 2.96. The Balaban J connectivity index is 0.000000878. The minimum absolute atomic E-state index is 0.122. The van der Waals surface area contributed by atoms with Crippen molar-refractivity contribution in [3.63, 3.8) is 0 Å². The van der Waals surface area contributed by atoms with Crippen LogP contribution in [-0.4, -0.2) is 54.7 Å². The molecule has 156 valence electrons. The number of piperidine rings is 1. The van der Waals surface area contributed by atoms with Crippen molar-refractivity contribution in [2.75, 3.05) is 31.5 Å². The maximum Gasteiger partial charge on any atom is 0.317 e. The van der Waals surface area contributed by atoms with Crippen molar-refractivity contribution in [3.8, 4) is 0 Å². The zero-order valence-corrected chi connectivity index (χ0v) is 16.6. The lowest BCUT2D eigenvalue weighted by Crippen LogP contribution is -2.47. The SMILES string of the molecule is NCCc1ccc(NC2CCN(C(=O)NCC3CCCC3)CC2)cc1.O=CO. The average Bonchev–Trinajstić information content (AvgIpc) is 3.23. The highest BCUT2D eigenvalue weighted by atomic mass is 16.3. The van der Waals surface area contributed by atoms with E-state index in [4.69, 9.17) is 15.6 Å². The van der Waals surface area contributed by atoms with Gasteiger partial charge >= 0.3 is 6.03 Å². The van der Waals surface area contributed by atoms with Crippen LogP contribution in [0.3, 0.4) is 0 Å². The summed E-state index contributed by atoms with van der Waals surface area (Å²) < 4.78 is 0. The average molecular weight is 391 g/mol. The molecule has 2 aliphatic rings. The standard InChI is InChI=1S/C20H32N4O.CH2O2/c21-12-9-16-5-7-18(8-6-16)23-19-10-13-24(14-11-19)20(25)22-15-17-3-1-2-4-17;2-1-3/h5-8,17,19,23H,1-4,9-15,21H2,(H,22,25);1H,(H,2,3). The van der Waals surface area contributed by atoms with E-state index in [0.29, 0.717) is 18.5 Å². The van der Waals surface area contributed by atoms with E-state index in [1.165, 1.54) is 31.2 Å². The third-order valence-corrected chi connectivity index (χ3v) is 5.56. The molecule has 2 amide bonds. The summed E-state index contributed by atoms with van der Waals surface area (Å²) in [6.07, 6.45) is 8.12. The van der Waals surface area contributed by atoms with Gasteiger partial charge < -0.3 is 26.4 Å². The minimum Gasteiger partial charge on any atom is -0.483 e. The number of benzene rings is 1. The number of nitrogens with one attached hydrogen (secondary N) is 2. The molecule has 0 radical (unpaired) electrons. The molecule has 5 N–H and O–H groups in total. The van der Waals surface area contributed by atoms with Crippen molar-refractivity contribution in [2.45, 2.75) is 51.0 Å². The van der Waals surface area contributed by atoms with E-state index in [1.807, 2.05) is 4.90 Å². The highest BCUT2D eigenvalue weighted by Gasteiger charge is 2.23. The summed E-state index contributed by atoms with van der Waals surface area (Å²) in [4.78, 5) is 22.6. The second-order valence-electron chi connectivity index (χ2n) is 7.58. The number of carbonyl (C=O) groups excluding carboxylic acids is 1. The van der Waals surface area contributed by atoms with Crippen LogP contribution < -0.4 is 16.4 Å². The smallest absolute Gasteiger partial charge is 0.317 e. The first kappa shape index (κ1) is 22.0. The van der Waals surface area contributed by atoms with Gasteiger partial charge in [-0.15, -0.1) is 0 Å². The van der Waals surface area contributed by atoms with Crippen molar-refractivity contribution >= 4 is 18.2 Å². The summed E-state index contributed by atoms with van der Waals surface area (Å²) in [5, 5.41) is 13.6. The molecule has 1 saturated heterocycles. The Morgan fingerprint density at radius 3 is 2.32 bits per heavy atom. The summed E-state index contributed by atoms with van der Waals surface area (Å²) >= 11 is 0. The first-order valence-corrected chi connectivity index (χ1v) is 10.3. The van der Waals surface area contributed by atoms with Gasteiger partial charge in [-0.1, -0.05) is 25.0 Å². The summed E-state index contributed by atoms with van der Waals surface area (Å²) in [5.41, 5.74) is 8.03. The summed E-state index contributed by atoms with van der Waals surface area (Å²) in [7, 11) is 0. The number of nitrogens with two attached hydrogens (primary N) is 1. The number of rotatable bonds is 6.